The van der Waals surface area contributed by atoms with Crippen LogP contribution in [0.3, 0.4) is 0 Å². The van der Waals surface area contributed by atoms with Crippen LogP contribution >= 0.6 is 0 Å². The van der Waals surface area contributed by atoms with E-state index in [2.05, 4.69) is 221 Å². The molecule has 16 aromatic rings. The second-order valence-corrected chi connectivity index (χ2v) is 26.1. The van der Waals surface area contributed by atoms with Crippen molar-refractivity contribution in [3.05, 3.63) is 392 Å². The van der Waals surface area contributed by atoms with Crippen molar-refractivity contribution in [3.63, 3.8) is 0 Å². The van der Waals surface area contributed by atoms with Gasteiger partial charge in [0.25, 0.3) is 0 Å². The van der Waals surface area contributed by atoms with E-state index in [0.29, 0.717) is 17.5 Å². The molecular formula is C98H82Ir3N9O4-3. The first-order valence-electron chi connectivity index (χ1n) is 36.2. The van der Waals surface area contributed by atoms with Gasteiger partial charge in [-0.15, -0.1) is 130 Å². The molecule has 3 radical (unpaired) electrons. The van der Waals surface area contributed by atoms with Gasteiger partial charge in [0.05, 0.1) is 22.8 Å². The zero-order valence-electron chi connectivity index (χ0n) is 64.1. The standard InChI is InChI=1S/C29H23N4.C16H11N2.2C16H12N.C11H8N.2C5H8O2.3Ir/c1-19-6-10-21(11-7-19)27-30-28(22-12-8-20(2)9-13-22)32-29(31-27)23-14-15-25-24(17-23)18-33-16-4-3-5-26(25)33;1-2-6-13(7-3-1)16-12-14(9-11-18-16)15-8-4-5-10-17-15;1-12-10-14(16-8-4-5-9-17-16)11-13-6-2-3-7-15(12)13;1-12-10-13-6-2-3-7-14(13)11-15(12)16-8-4-5-9-17-16;1-2-6-10(7-3-1)11-8-4-5-9-12-11;2*1-4(6)3-5(2)7;;;/h3-17H,18H2,1-2H3;1-6,8-12H;2*2-10H,1H3;1-6,8-9H;2*3,6H,1-2H3;;;/q+1;4*-1;;;;;. The van der Waals surface area contributed by atoms with Crippen LogP contribution in [0.5, 0.6) is 0 Å². The number of carbonyl (C=O) groups is 2. The predicted molar refractivity (Wildman–Crippen MR) is 446 cm³/mol. The number of fused-ring (bicyclic) bond motifs is 5. The Balaban J connectivity index is 0.000000176. The minimum Gasteiger partial charge on any atom is -0.512 e. The van der Waals surface area contributed by atoms with Crippen LogP contribution < -0.4 is 4.57 Å². The molecule has 0 unspecified atom stereocenters. The second-order valence-electron chi connectivity index (χ2n) is 26.1. The van der Waals surface area contributed by atoms with Gasteiger partial charge in [0.2, 0.25) is 5.69 Å². The molecule has 8 heterocycles. The number of allylic oxidation sites excluding steroid dienone is 4. The Kier molecular flexibility index (Phi) is 33.8. The third-order valence-corrected chi connectivity index (χ3v) is 17.2. The van der Waals surface area contributed by atoms with Gasteiger partial charge in [0.1, 0.15) is 0 Å². The predicted octanol–water partition coefficient (Wildman–Crippen LogP) is 22.1. The van der Waals surface area contributed by atoms with E-state index in [1.807, 2.05) is 158 Å². The second kappa shape index (κ2) is 44.1. The Morgan fingerprint density at radius 1 is 0.386 bits per heavy atom. The summed E-state index contributed by atoms with van der Waals surface area (Å²) in [5.74, 6) is 1.95. The molecule has 0 amide bonds. The maximum atomic E-state index is 10.0. The van der Waals surface area contributed by atoms with Crippen LogP contribution in [0.2, 0.25) is 0 Å². The number of aromatic nitrogens is 9. The molecule has 0 aliphatic carbocycles. The minimum absolute atomic E-state index is 0. The number of benzene rings is 9. The smallest absolute Gasteiger partial charge is 0.213 e. The van der Waals surface area contributed by atoms with Crippen molar-refractivity contribution in [2.45, 2.75) is 61.9 Å². The van der Waals surface area contributed by atoms with Crippen molar-refractivity contribution in [1.82, 2.24) is 39.9 Å². The van der Waals surface area contributed by atoms with Crippen LogP contribution in [0.1, 0.15) is 55.5 Å². The molecule has 0 bridgehead atoms. The Morgan fingerprint density at radius 3 is 1.37 bits per heavy atom. The molecule has 7 aromatic heterocycles. The summed E-state index contributed by atoms with van der Waals surface area (Å²) in [5.41, 5.74) is 21.7. The van der Waals surface area contributed by atoms with Crippen molar-refractivity contribution in [1.29, 1.82) is 0 Å². The first-order valence-corrected chi connectivity index (χ1v) is 36.2. The molecule has 114 heavy (non-hydrogen) atoms. The molecule has 0 saturated carbocycles. The number of hydrogen-bond acceptors (Lipinski definition) is 12. The zero-order valence-corrected chi connectivity index (χ0v) is 71.3. The number of aliphatic hydroxyl groups excluding tert-OH is 2. The van der Waals surface area contributed by atoms with E-state index >= 15 is 0 Å². The van der Waals surface area contributed by atoms with Gasteiger partial charge < -0.3 is 20.2 Å². The maximum absolute atomic E-state index is 10.0. The molecule has 13 nitrogen and oxygen atoms in total. The molecule has 17 rings (SSSR count). The first kappa shape index (κ1) is 87.4. The van der Waals surface area contributed by atoms with E-state index in [-0.39, 0.29) is 83.4 Å². The summed E-state index contributed by atoms with van der Waals surface area (Å²) < 4.78 is 2.28. The van der Waals surface area contributed by atoms with Gasteiger partial charge >= 0.3 is 0 Å². The number of aryl methyl sites for hydroxylation is 4. The van der Waals surface area contributed by atoms with E-state index in [9.17, 15) is 9.59 Å². The summed E-state index contributed by atoms with van der Waals surface area (Å²) in [5, 5.41) is 21.5. The zero-order chi connectivity index (χ0) is 77.9. The van der Waals surface area contributed by atoms with Gasteiger partial charge in [0, 0.05) is 149 Å². The first-order chi connectivity index (χ1) is 54.0. The normalized spacial score (nSPS) is 10.6. The van der Waals surface area contributed by atoms with Crippen molar-refractivity contribution in [2.75, 3.05) is 0 Å². The third kappa shape index (κ3) is 25.4. The molecule has 2 N–H and O–H groups in total. The van der Waals surface area contributed by atoms with Gasteiger partial charge in [-0.3, -0.25) is 24.5 Å². The van der Waals surface area contributed by atoms with Gasteiger partial charge in [-0.1, -0.05) is 186 Å². The molecular weight excluding hydrogens is 1940 g/mol. The molecule has 0 saturated heterocycles. The van der Waals surface area contributed by atoms with Crippen LogP contribution in [0.15, 0.2) is 340 Å². The van der Waals surface area contributed by atoms with Gasteiger partial charge in [-0.2, -0.15) is 4.57 Å². The summed E-state index contributed by atoms with van der Waals surface area (Å²) in [4.78, 5) is 56.3. The molecule has 1 aliphatic heterocycles. The van der Waals surface area contributed by atoms with E-state index < -0.39 is 0 Å². The van der Waals surface area contributed by atoms with E-state index in [0.717, 1.165) is 90.3 Å². The Labute approximate surface area is 707 Å². The Bertz CT molecular complexity index is 5640. The van der Waals surface area contributed by atoms with E-state index in [4.69, 9.17) is 25.2 Å². The number of carbonyl (C=O) groups excluding carboxylic acids is 2. The molecule has 9 aromatic carbocycles. The van der Waals surface area contributed by atoms with Crippen molar-refractivity contribution in [3.8, 4) is 102 Å². The molecule has 0 fully saturated rings. The number of ketones is 2. The van der Waals surface area contributed by atoms with Gasteiger partial charge in [-0.25, -0.2) is 15.0 Å². The van der Waals surface area contributed by atoms with Crippen LogP contribution in [0.4, 0.5) is 0 Å². The monoisotopic (exact) mass is 2030 g/mol. The fraction of sp³-hybridized carbons (Fsp3) is 0.0918. The van der Waals surface area contributed by atoms with Crippen LogP contribution in [0, 0.1) is 52.0 Å². The fourth-order valence-electron chi connectivity index (χ4n) is 11.9. The summed E-state index contributed by atoms with van der Waals surface area (Å²) in [6.45, 7) is 15.0. The topological polar surface area (TPSA) is 182 Å². The molecule has 0 spiro atoms. The quantitative estimate of drug-likeness (QED) is 0.0573. The van der Waals surface area contributed by atoms with E-state index in [1.165, 1.54) is 89.7 Å². The van der Waals surface area contributed by atoms with E-state index in [1.54, 1.807) is 18.6 Å². The largest absolute Gasteiger partial charge is 0.512 e. The minimum atomic E-state index is -0.125. The summed E-state index contributed by atoms with van der Waals surface area (Å²) >= 11 is 0. The number of rotatable bonds is 10. The van der Waals surface area contributed by atoms with Crippen molar-refractivity contribution >= 4 is 33.1 Å². The summed E-state index contributed by atoms with van der Waals surface area (Å²) in [6.07, 6.45) is 13.5. The average molecular weight is 2030 g/mol. The summed E-state index contributed by atoms with van der Waals surface area (Å²) in [6, 6.07) is 107. The van der Waals surface area contributed by atoms with Crippen LogP contribution in [-0.4, -0.2) is 61.7 Å². The average Bonchev–Trinajstić information content (AvgIpc) is 1.60. The molecule has 0 atom stereocenters. The maximum Gasteiger partial charge on any atom is 0.213 e. The SMILES string of the molecule is CC(=O)C=C(C)O.CC(=O)C=C(C)O.Cc1cc(-c2ccccn2)[c-]c2ccccc12.Cc1cc2ccccc2[c-]c1-c1ccccn1.Cc1ccc(-c2nc(-c3ccc(C)cc3)nc(-c3ccc4c(c3)C[n+]3ccccc3-4)n2)cc1.[Ir].[Ir].[Ir].[c-]1ccccc1-c1cc(-c2ccccn2)ccn1.[c-]1ccccc1-c1ccccn1. The molecule has 16 heteroatoms. The van der Waals surface area contributed by atoms with Crippen molar-refractivity contribution < 1.29 is 84.7 Å². The van der Waals surface area contributed by atoms with Crippen LogP contribution in [-0.2, 0) is 76.4 Å². The van der Waals surface area contributed by atoms with Crippen molar-refractivity contribution in [2.24, 2.45) is 0 Å². The van der Waals surface area contributed by atoms with Gasteiger partial charge in [-0.05, 0) is 113 Å². The van der Waals surface area contributed by atoms with Gasteiger partial charge in [0.15, 0.2) is 41.8 Å². The third-order valence-electron chi connectivity index (χ3n) is 17.2. The number of nitrogens with zero attached hydrogens (tertiary/aromatic N) is 9. The summed E-state index contributed by atoms with van der Waals surface area (Å²) in [7, 11) is 0. The number of pyridine rings is 6. The number of hydrogen-bond donors (Lipinski definition) is 2. The molecule has 573 valence electrons. The molecule has 1 aliphatic rings. The Morgan fingerprint density at radius 2 is 0.851 bits per heavy atom. The number of aliphatic hydroxyl groups is 2. The fourth-order valence-corrected chi connectivity index (χ4v) is 11.9. The van der Waals surface area contributed by atoms with Crippen LogP contribution in [0.25, 0.3) is 123 Å². The Hall–Kier alpha value is -12.2.